The molecule has 0 spiro atoms. The topological polar surface area (TPSA) is 205 Å². The van der Waals surface area contributed by atoms with Crippen molar-refractivity contribution in [1.82, 2.24) is 15.5 Å². The molecule has 5 atom stereocenters. The molecule has 30 heavy (non-hydrogen) atoms. The van der Waals surface area contributed by atoms with Gasteiger partial charge in [-0.2, -0.15) is 0 Å². The summed E-state index contributed by atoms with van der Waals surface area (Å²) in [7, 11) is 0. The number of hydrogen-bond donors (Lipinski definition) is 6. The molecule has 1 aliphatic rings. The third kappa shape index (κ3) is 6.66. The lowest BCUT2D eigenvalue weighted by molar-refractivity contribution is -0.146. The summed E-state index contributed by atoms with van der Waals surface area (Å²) in [5, 5.41) is 23.4. The Labute approximate surface area is 174 Å². The van der Waals surface area contributed by atoms with Gasteiger partial charge in [-0.3, -0.25) is 19.2 Å². The van der Waals surface area contributed by atoms with Crippen molar-refractivity contribution < 1.29 is 34.2 Å². The second-order valence-electron chi connectivity index (χ2n) is 7.76. The van der Waals surface area contributed by atoms with E-state index < -0.39 is 65.8 Å². The number of rotatable bonds is 10. The second-order valence-corrected chi connectivity index (χ2v) is 7.76. The maximum Gasteiger partial charge on any atom is 0.328 e. The van der Waals surface area contributed by atoms with Crippen molar-refractivity contribution >= 4 is 29.6 Å². The third-order valence-electron chi connectivity index (χ3n) is 4.87. The Morgan fingerprint density at radius 2 is 1.70 bits per heavy atom. The number of aliphatic carboxylic acids is 1. The Balaban J connectivity index is 2.89. The van der Waals surface area contributed by atoms with E-state index in [0.29, 0.717) is 12.8 Å². The van der Waals surface area contributed by atoms with Crippen molar-refractivity contribution in [2.24, 2.45) is 17.4 Å². The zero-order valence-electron chi connectivity index (χ0n) is 17.3. The van der Waals surface area contributed by atoms with Crippen LogP contribution >= 0.6 is 0 Å². The van der Waals surface area contributed by atoms with Crippen LogP contribution in [-0.2, 0) is 24.0 Å². The van der Waals surface area contributed by atoms with Gasteiger partial charge in [-0.15, -0.1) is 0 Å². The molecule has 0 aromatic carbocycles. The normalized spacial score (nSPS) is 20.2. The van der Waals surface area contributed by atoms with E-state index >= 15 is 0 Å². The first-order chi connectivity index (χ1) is 13.9. The van der Waals surface area contributed by atoms with Crippen LogP contribution in [-0.4, -0.2) is 81.5 Å². The van der Waals surface area contributed by atoms with Crippen LogP contribution in [0.1, 0.15) is 40.0 Å². The Hall–Kier alpha value is -2.73. The van der Waals surface area contributed by atoms with E-state index in [4.69, 9.17) is 16.6 Å². The summed E-state index contributed by atoms with van der Waals surface area (Å²) >= 11 is 0. The summed E-state index contributed by atoms with van der Waals surface area (Å²) in [6.07, 6.45) is -0.811. The van der Waals surface area contributed by atoms with Crippen molar-refractivity contribution in [2.75, 3.05) is 6.54 Å². The smallest absolute Gasteiger partial charge is 0.328 e. The molecule has 1 heterocycles. The molecule has 12 nitrogen and oxygen atoms in total. The number of carboxylic acids is 1. The van der Waals surface area contributed by atoms with E-state index in [9.17, 15) is 29.1 Å². The molecule has 1 rings (SSSR count). The number of aliphatic hydroxyl groups excluding tert-OH is 1. The number of carboxylic acid groups (broad SMARTS) is 1. The number of primary amides is 1. The summed E-state index contributed by atoms with van der Waals surface area (Å²) in [5.41, 5.74) is 10.8. The fourth-order valence-corrected chi connectivity index (χ4v) is 3.24. The second kappa shape index (κ2) is 10.9. The predicted molar refractivity (Wildman–Crippen MR) is 105 cm³/mol. The molecular weight excluding hydrogens is 398 g/mol. The zero-order chi connectivity index (χ0) is 23.2. The van der Waals surface area contributed by atoms with E-state index in [-0.39, 0.29) is 13.0 Å². The Morgan fingerprint density at radius 3 is 2.17 bits per heavy atom. The highest BCUT2D eigenvalue weighted by Crippen LogP contribution is 2.19. The third-order valence-corrected chi connectivity index (χ3v) is 4.87. The van der Waals surface area contributed by atoms with Gasteiger partial charge in [-0.25, -0.2) is 4.79 Å². The minimum atomic E-state index is -1.54. The van der Waals surface area contributed by atoms with Crippen LogP contribution in [0.15, 0.2) is 0 Å². The number of nitrogens with two attached hydrogens (primary N) is 2. The summed E-state index contributed by atoms with van der Waals surface area (Å²) in [6, 6.07) is -4.66. The van der Waals surface area contributed by atoms with Crippen LogP contribution in [0, 0.1) is 5.92 Å². The molecule has 0 saturated carbocycles. The summed E-state index contributed by atoms with van der Waals surface area (Å²) in [4.78, 5) is 61.3. The maximum absolute atomic E-state index is 12.8. The van der Waals surface area contributed by atoms with Gasteiger partial charge in [0.15, 0.2) is 6.04 Å². The fourth-order valence-electron chi connectivity index (χ4n) is 3.24. The van der Waals surface area contributed by atoms with Gasteiger partial charge in [0.25, 0.3) is 0 Å². The summed E-state index contributed by atoms with van der Waals surface area (Å²) < 4.78 is 0. The molecule has 0 aliphatic carbocycles. The molecule has 0 bridgehead atoms. The quantitative estimate of drug-likeness (QED) is 0.214. The van der Waals surface area contributed by atoms with Gasteiger partial charge in [0.1, 0.15) is 12.1 Å². The molecule has 8 N–H and O–H groups in total. The van der Waals surface area contributed by atoms with Crippen molar-refractivity contribution in [3.05, 3.63) is 0 Å². The standard InChI is InChI=1S/C18H31N5O7/c1-8(2)13(16(27)22-14(9(3)24)18(29)30)21-15(26)11-5-4-6-23(11)17(28)10(19)7-12(20)25/h8-11,13-14,24H,4-7,19H2,1-3H3,(H2,20,25)(H,21,26)(H,22,27)(H,29,30). The van der Waals surface area contributed by atoms with E-state index in [1.165, 1.54) is 11.8 Å². The van der Waals surface area contributed by atoms with Crippen LogP contribution in [0.25, 0.3) is 0 Å². The van der Waals surface area contributed by atoms with Gasteiger partial charge in [-0.1, -0.05) is 13.8 Å². The van der Waals surface area contributed by atoms with Crippen molar-refractivity contribution in [3.8, 4) is 0 Å². The van der Waals surface area contributed by atoms with Gasteiger partial charge in [0.05, 0.1) is 18.6 Å². The van der Waals surface area contributed by atoms with E-state index in [1.807, 2.05) is 0 Å². The zero-order valence-corrected chi connectivity index (χ0v) is 17.3. The lowest BCUT2D eigenvalue weighted by Gasteiger charge is -2.29. The first-order valence-electron chi connectivity index (χ1n) is 9.72. The molecule has 1 aliphatic heterocycles. The number of hydrogen-bond acceptors (Lipinski definition) is 7. The van der Waals surface area contributed by atoms with Crippen LogP contribution in [0.2, 0.25) is 0 Å². The molecule has 0 aromatic rings. The van der Waals surface area contributed by atoms with Crippen LogP contribution in [0.3, 0.4) is 0 Å². The number of nitrogens with one attached hydrogen (secondary N) is 2. The highest BCUT2D eigenvalue weighted by atomic mass is 16.4. The van der Waals surface area contributed by atoms with Gasteiger partial charge >= 0.3 is 5.97 Å². The highest BCUT2D eigenvalue weighted by molar-refractivity contribution is 5.95. The van der Waals surface area contributed by atoms with Crippen LogP contribution in [0.5, 0.6) is 0 Å². The van der Waals surface area contributed by atoms with Gasteiger partial charge in [0.2, 0.25) is 23.6 Å². The molecular formula is C18H31N5O7. The number of likely N-dealkylation sites (tertiary alicyclic amines) is 1. The van der Waals surface area contributed by atoms with E-state index in [1.54, 1.807) is 13.8 Å². The average Bonchev–Trinajstić information content (AvgIpc) is 3.11. The number of carbonyl (C=O) groups excluding carboxylic acids is 4. The Morgan fingerprint density at radius 1 is 1.10 bits per heavy atom. The Bertz CT molecular complexity index is 682. The molecule has 1 fully saturated rings. The van der Waals surface area contributed by atoms with E-state index in [2.05, 4.69) is 10.6 Å². The minimum absolute atomic E-state index is 0.269. The van der Waals surface area contributed by atoms with Crippen molar-refractivity contribution in [2.45, 2.75) is 70.3 Å². The SMILES string of the molecule is CC(C)C(NC(=O)C1CCCN1C(=O)C(N)CC(N)=O)C(=O)NC(C(=O)O)C(C)O. The minimum Gasteiger partial charge on any atom is -0.480 e. The van der Waals surface area contributed by atoms with Gasteiger partial charge in [-0.05, 0) is 25.7 Å². The molecule has 0 aromatic heterocycles. The lowest BCUT2D eigenvalue weighted by atomic mass is 10.0. The number of amides is 4. The maximum atomic E-state index is 12.8. The van der Waals surface area contributed by atoms with Crippen LogP contribution < -0.4 is 22.1 Å². The molecule has 4 amide bonds. The number of carbonyl (C=O) groups is 5. The number of aliphatic hydroxyl groups is 1. The average molecular weight is 429 g/mol. The first-order valence-corrected chi connectivity index (χ1v) is 9.72. The first kappa shape index (κ1) is 25.3. The Kier molecular flexibility index (Phi) is 9.18. The lowest BCUT2D eigenvalue weighted by Crippen LogP contribution is -2.59. The molecule has 1 saturated heterocycles. The van der Waals surface area contributed by atoms with Crippen molar-refractivity contribution in [1.29, 1.82) is 0 Å². The highest BCUT2D eigenvalue weighted by Gasteiger charge is 2.39. The largest absolute Gasteiger partial charge is 0.480 e. The molecule has 5 unspecified atom stereocenters. The van der Waals surface area contributed by atoms with Gasteiger partial charge < -0.3 is 37.2 Å². The predicted octanol–water partition coefficient (Wildman–Crippen LogP) is -2.73. The monoisotopic (exact) mass is 429 g/mol. The van der Waals surface area contributed by atoms with Gasteiger partial charge in [0, 0.05) is 6.54 Å². The fraction of sp³-hybridized carbons (Fsp3) is 0.722. The molecule has 0 radical (unpaired) electrons. The summed E-state index contributed by atoms with van der Waals surface area (Å²) in [6.45, 7) is 4.80. The van der Waals surface area contributed by atoms with E-state index in [0.717, 1.165) is 0 Å². The van der Waals surface area contributed by atoms with Crippen molar-refractivity contribution in [3.63, 3.8) is 0 Å². The molecule has 170 valence electrons. The number of nitrogens with zero attached hydrogens (tertiary/aromatic N) is 1. The molecule has 12 heteroatoms. The summed E-state index contributed by atoms with van der Waals surface area (Å²) in [5.74, 6) is -4.50. The van der Waals surface area contributed by atoms with Crippen LogP contribution in [0.4, 0.5) is 0 Å².